The highest BCUT2D eigenvalue weighted by atomic mass is 35.5. The van der Waals surface area contributed by atoms with Crippen molar-refractivity contribution in [2.24, 2.45) is 0 Å². The van der Waals surface area contributed by atoms with Gasteiger partial charge in [-0.2, -0.15) is 0 Å². The maximum Gasteiger partial charge on any atom is 0.251 e. The van der Waals surface area contributed by atoms with Crippen LogP contribution in [0.1, 0.15) is 21.6 Å². The quantitative estimate of drug-likeness (QED) is 0.872. The number of pyridine rings is 2. The van der Waals surface area contributed by atoms with E-state index in [1.807, 2.05) is 12.1 Å². The third-order valence-electron chi connectivity index (χ3n) is 2.61. The molecule has 0 saturated carbocycles. The average molecular weight is 276 g/mol. The van der Waals surface area contributed by atoms with Crippen LogP contribution >= 0.6 is 11.6 Å². The fourth-order valence-corrected chi connectivity index (χ4v) is 1.98. The number of nitrogens with zero attached hydrogens (tertiary/aromatic N) is 2. The second-order valence-corrected chi connectivity index (χ2v) is 4.57. The van der Waals surface area contributed by atoms with Gasteiger partial charge >= 0.3 is 0 Å². The zero-order chi connectivity index (χ0) is 13.7. The van der Waals surface area contributed by atoms with Gasteiger partial charge in [0.05, 0.1) is 0 Å². The van der Waals surface area contributed by atoms with E-state index in [4.69, 9.17) is 11.6 Å². The third-order valence-corrected chi connectivity index (χ3v) is 2.80. The van der Waals surface area contributed by atoms with Crippen LogP contribution in [0.5, 0.6) is 0 Å². The van der Waals surface area contributed by atoms with Crippen LogP contribution < -0.4 is 5.32 Å². The summed E-state index contributed by atoms with van der Waals surface area (Å²) in [5.41, 5.74) is 2.35. The van der Waals surface area contributed by atoms with Crippen LogP contribution in [-0.4, -0.2) is 22.4 Å². The number of amides is 1. The van der Waals surface area contributed by atoms with E-state index in [-0.39, 0.29) is 5.91 Å². The summed E-state index contributed by atoms with van der Waals surface area (Å²) in [6.07, 6.45) is 4.26. The third kappa shape index (κ3) is 4.03. The van der Waals surface area contributed by atoms with Crippen molar-refractivity contribution in [1.29, 1.82) is 0 Å². The Morgan fingerprint density at radius 2 is 2.26 bits per heavy atom. The van der Waals surface area contributed by atoms with E-state index in [1.165, 1.54) is 0 Å². The van der Waals surface area contributed by atoms with Crippen LogP contribution in [0.2, 0.25) is 5.15 Å². The Morgan fingerprint density at radius 1 is 1.42 bits per heavy atom. The Bertz CT molecular complexity index is 552. The van der Waals surface area contributed by atoms with Crippen molar-refractivity contribution in [1.82, 2.24) is 15.3 Å². The zero-order valence-electron chi connectivity index (χ0n) is 10.6. The van der Waals surface area contributed by atoms with E-state index in [2.05, 4.69) is 15.3 Å². The normalized spacial score (nSPS) is 10.2. The lowest BCUT2D eigenvalue weighted by Gasteiger charge is -2.06. The van der Waals surface area contributed by atoms with Crippen LogP contribution in [0.4, 0.5) is 0 Å². The molecular weight excluding hydrogens is 262 g/mol. The molecule has 0 aliphatic heterocycles. The first-order chi connectivity index (χ1) is 9.15. The van der Waals surface area contributed by atoms with Crippen molar-refractivity contribution in [3.8, 4) is 0 Å². The number of halogens is 1. The van der Waals surface area contributed by atoms with Crippen LogP contribution in [-0.2, 0) is 6.42 Å². The lowest BCUT2D eigenvalue weighted by molar-refractivity contribution is 0.0954. The molecule has 0 spiro atoms. The van der Waals surface area contributed by atoms with E-state index < -0.39 is 0 Å². The van der Waals surface area contributed by atoms with Gasteiger partial charge in [0, 0.05) is 30.2 Å². The number of hydrogen-bond donors (Lipinski definition) is 1. The summed E-state index contributed by atoms with van der Waals surface area (Å²) in [6, 6.07) is 7.13. The molecule has 0 unspecified atom stereocenters. The molecule has 2 heterocycles. The Kier molecular flexibility index (Phi) is 4.47. The molecule has 0 fully saturated rings. The first-order valence-electron chi connectivity index (χ1n) is 5.96. The predicted octanol–water partition coefficient (Wildman–Crippen LogP) is 2.41. The molecule has 0 aromatic carbocycles. The molecule has 0 aliphatic rings. The van der Waals surface area contributed by atoms with E-state index >= 15 is 0 Å². The number of aryl methyl sites for hydroxylation is 1. The molecule has 1 N–H and O–H groups in total. The maximum absolute atomic E-state index is 11.9. The highest BCUT2D eigenvalue weighted by molar-refractivity contribution is 6.29. The van der Waals surface area contributed by atoms with Gasteiger partial charge < -0.3 is 5.32 Å². The second-order valence-electron chi connectivity index (χ2n) is 4.19. The second kappa shape index (κ2) is 6.29. The lowest BCUT2D eigenvalue weighted by Crippen LogP contribution is -2.25. The van der Waals surface area contributed by atoms with Crippen LogP contribution in [0.3, 0.4) is 0 Å². The van der Waals surface area contributed by atoms with Crippen LogP contribution in [0.15, 0.2) is 36.7 Å². The average Bonchev–Trinajstić information content (AvgIpc) is 2.38. The number of carbonyl (C=O) groups excluding carboxylic acids is 1. The first kappa shape index (κ1) is 13.5. The van der Waals surface area contributed by atoms with Crippen molar-refractivity contribution in [3.63, 3.8) is 0 Å². The molecule has 1 amide bonds. The van der Waals surface area contributed by atoms with E-state index in [0.29, 0.717) is 17.3 Å². The molecule has 2 rings (SSSR count). The minimum atomic E-state index is -0.142. The minimum Gasteiger partial charge on any atom is -0.352 e. The number of carbonyl (C=O) groups is 1. The monoisotopic (exact) mass is 275 g/mol. The summed E-state index contributed by atoms with van der Waals surface area (Å²) in [4.78, 5) is 20.0. The molecule has 19 heavy (non-hydrogen) atoms. The minimum absolute atomic E-state index is 0.142. The molecule has 0 saturated heterocycles. The summed E-state index contributed by atoms with van der Waals surface area (Å²) in [7, 11) is 0. The molecule has 0 atom stereocenters. The number of nitrogens with one attached hydrogen (secondary N) is 1. The molecule has 5 heteroatoms. The summed E-state index contributed by atoms with van der Waals surface area (Å²) < 4.78 is 0. The van der Waals surface area contributed by atoms with E-state index in [0.717, 1.165) is 17.7 Å². The number of rotatable bonds is 4. The van der Waals surface area contributed by atoms with E-state index in [9.17, 15) is 4.79 Å². The Labute approximate surface area is 116 Å². The van der Waals surface area contributed by atoms with Crippen molar-refractivity contribution >= 4 is 17.5 Å². The van der Waals surface area contributed by atoms with Gasteiger partial charge in [0.1, 0.15) is 5.15 Å². The van der Waals surface area contributed by atoms with Gasteiger partial charge in [-0.25, -0.2) is 4.98 Å². The molecule has 2 aromatic heterocycles. The van der Waals surface area contributed by atoms with Gasteiger partial charge in [0.15, 0.2) is 0 Å². The summed E-state index contributed by atoms with van der Waals surface area (Å²) in [5.74, 6) is -0.142. The smallest absolute Gasteiger partial charge is 0.251 e. The van der Waals surface area contributed by atoms with Gasteiger partial charge in [0.25, 0.3) is 5.91 Å². The van der Waals surface area contributed by atoms with Crippen LogP contribution in [0, 0.1) is 6.92 Å². The van der Waals surface area contributed by atoms with E-state index in [1.54, 1.807) is 31.5 Å². The topological polar surface area (TPSA) is 54.9 Å². The van der Waals surface area contributed by atoms with Crippen molar-refractivity contribution in [2.75, 3.05) is 6.54 Å². The molecule has 0 radical (unpaired) electrons. The Balaban J connectivity index is 1.91. The highest BCUT2D eigenvalue weighted by Gasteiger charge is 2.07. The van der Waals surface area contributed by atoms with Crippen molar-refractivity contribution in [3.05, 3.63) is 58.6 Å². The van der Waals surface area contributed by atoms with Gasteiger partial charge in [-0.1, -0.05) is 17.7 Å². The molecule has 0 bridgehead atoms. The molecule has 4 nitrogen and oxygen atoms in total. The number of hydrogen-bond acceptors (Lipinski definition) is 3. The standard InChI is InChI=1S/C14H14ClN3O/c1-10-7-12(8-13(15)18-10)14(19)17-6-4-11-3-2-5-16-9-11/h2-3,5,7-9H,4,6H2,1H3,(H,17,19). The molecule has 98 valence electrons. The Hall–Kier alpha value is -1.94. The summed E-state index contributed by atoms with van der Waals surface area (Å²) in [6.45, 7) is 2.36. The summed E-state index contributed by atoms with van der Waals surface area (Å²) in [5, 5.41) is 3.18. The summed E-state index contributed by atoms with van der Waals surface area (Å²) >= 11 is 5.82. The molecule has 2 aromatic rings. The van der Waals surface area contributed by atoms with Gasteiger partial charge in [0.2, 0.25) is 0 Å². The first-order valence-corrected chi connectivity index (χ1v) is 6.34. The lowest BCUT2D eigenvalue weighted by atomic mass is 10.2. The molecular formula is C14H14ClN3O. The van der Waals surface area contributed by atoms with Gasteiger partial charge in [-0.3, -0.25) is 9.78 Å². The van der Waals surface area contributed by atoms with Crippen molar-refractivity contribution in [2.45, 2.75) is 13.3 Å². The fourth-order valence-electron chi connectivity index (χ4n) is 1.73. The number of aromatic nitrogens is 2. The maximum atomic E-state index is 11.9. The highest BCUT2D eigenvalue weighted by Crippen LogP contribution is 2.10. The predicted molar refractivity (Wildman–Crippen MR) is 74.3 cm³/mol. The largest absolute Gasteiger partial charge is 0.352 e. The van der Waals surface area contributed by atoms with Crippen LogP contribution in [0.25, 0.3) is 0 Å². The van der Waals surface area contributed by atoms with Crippen molar-refractivity contribution < 1.29 is 4.79 Å². The van der Waals surface area contributed by atoms with Gasteiger partial charge in [-0.05, 0) is 37.1 Å². The SMILES string of the molecule is Cc1cc(C(=O)NCCc2cccnc2)cc(Cl)n1. The molecule has 0 aliphatic carbocycles. The Morgan fingerprint density at radius 3 is 2.95 bits per heavy atom. The fraction of sp³-hybridized carbons (Fsp3) is 0.214. The zero-order valence-corrected chi connectivity index (χ0v) is 11.3. The van der Waals surface area contributed by atoms with Gasteiger partial charge in [-0.15, -0.1) is 0 Å².